The Morgan fingerprint density at radius 2 is 1.58 bits per heavy atom. The van der Waals surface area contributed by atoms with Gasteiger partial charge in [0, 0.05) is 22.5 Å². The average Bonchev–Trinajstić information content (AvgIpc) is 2.74. The summed E-state index contributed by atoms with van der Waals surface area (Å²) in [5.74, 6) is -0.257. The van der Waals surface area contributed by atoms with Gasteiger partial charge < -0.3 is 19.9 Å². The van der Waals surface area contributed by atoms with E-state index in [0.717, 1.165) is 0 Å². The summed E-state index contributed by atoms with van der Waals surface area (Å²) in [6, 6.07) is 17.5. The SMILES string of the molecule is CCOC(=O)C1=C(CP(=O)(c2ccccc2)c2ccccc2)NC(=O)NC1CC(C)C. The topological polar surface area (TPSA) is 84.5 Å². The third kappa shape index (κ3) is 5.26. The Kier molecular flexibility index (Phi) is 7.34. The van der Waals surface area contributed by atoms with Crippen molar-refractivity contribution in [2.45, 2.75) is 33.2 Å². The Labute approximate surface area is 183 Å². The molecule has 2 aromatic carbocycles. The van der Waals surface area contributed by atoms with E-state index in [1.165, 1.54) is 0 Å². The number of benzene rings is 2. The van der Waals surface area contributed by atoms with Gasteiger partial charge in [0.25, 0.3) is 0 Å². The molecule has 0 bridgehead atoms. The summed E-state index contributed by atoms with van der Waals surface area (Å²) >= 11 is 0. The van der Waals surface area contributed by atoms with E-state index in [9.17, 15) is 14.2 Å². The zero-order valence-corrected chi connectivity index (χ0v) is 19.0. The number of esters is 1. The Morgan fingerprint density at radius 1 is 1.03 bits per heavy atom. The molecule has 0 saturated carbocycles. The van der Waals surface area contributed by atoms with Gasteiger partial charge in [0.2, 0.25) is 0 Å². The van der Waals surface area contributed by atoms with Crippen molar-refractivity contribution in [3.8, 4) is 0 Å². The third-order valence-electron chi connectivity index (χ3n) is 5.17. The smallest absolute Gasteiger partial charge is 0.337 e. The molecule has 2 aromatic rings. The number of amides is 2. The van der Waals surface area contributed by atoms with Crippen molar-refractivity contribution >= 4 is 29.8 Å². The van der Waals surface area contributed by atoms with Crippen LogP contribution in [0.5, 0.6) is 0 Å². The predicted octanol–water partition coefficient (Wildman–Crippen LogP) is 3.55. The lowest BCUT2D eigenvalue weighted by molar-refractivity contribution is -0.139. The molecule has 0 fully saturated rings. The molecule has 0 aliphatic carbocycles. The van der Waals surface area contributed by atoms with Crippen molar-refractivity contribution in [1.82, 2.24) is 10.6 Å². The molecule has 1 aliphatic heterocycles. The van der Waals surface area contributed by atoms with Crippen molar-refractivity contribution in [3.05, 3.63) is 71.9 Å². The molecule has 164 valence electrons. The highest BCUT2D eigenvalue weighted by Crippen LogP contribution is 2.45. The van der Waals surface area contributed by atoms with Crippen LogP contribution in [-0.4, -0.2) is 30.8 Å². The van der Waals surface area contributed by atoms with Crippen molar-refractivity contribution in [1.29, 1.82) is 0 Å². The fourth-order valence-corrected chi connectivity index (χ4v) is 6.49. The monoisotopic (exact) mass is 440 g/mol. The first-order valence-electron chi connectivity index (χ1n) is 10.5. The van der Waals surface area contributed by atoms with Crippen LogP contribution in [0.1, 0.15) is 27.2 Å². The van der Waals surface area contributed by atoms with Crippen LogP contribution in [0.25, 0.3) is 0 Å². The second-order valence-electron chi connectivity index (χ2n) is 7.96. The highest BCUT2D eigenvalue weighted by molar-refractivity contribution is 7.78. The van der Waals surface area contributed by atoms with Gasteiger partial charge in [-0.1, -0.05) is 74.5 Å². The third-order valence-corrected chi connectivity index (χ3v) is 8.20. The number of hydrogen-bond acceptors (Lipinski definition) is 4. The lowest BCUT2D eigenvalue weighted by Gasteiger charge is -2.31. The van der Waals surface area contributed by atoms with Crippen LogP contribution in [0.4, 0.5) is 4.79 Å². The molecule has 0 spiro atoms. The number of hydrogen-bond donors (Lipinski definition) is 2. The van der Waals surface area contributed by atoms with Crippen LogP contribution in [0.15, 0.2) is 71.9 Å². The fourth-order valence-electron chi connectivity index (χ4n) is 3.82. The summed E-state index contributed by atoms with van der Waals surface area (Å²) in [6.45, 7) is 6.00. The summed E-state index contributed by atoms with van der Waals surface area (Å²) in [4.78, 5) is 25.4. The van der Waals surface area contributed by atoms with E-state index in [1.807, 2.05) is 74.5 Å². The van der Waals surface area contributed by atoms with Gasteiger partial charge in [0.15, 0.2) is 0 Å². The zero-order valence-electron chi connectivity index (χ0n) is 18.1. The minimum Gasteiger partial charge on any atom is -0.463 e. The lowest BCUT2D eigenvalue weighted by atomic mass is 9.94. The number of rotatable bonds is 8. The number of carbonyl (C=O) groups excluding carboxylic acids is 2. The van der Waals surface area contributed by atoms with Crippen LogP contribution >= 0.6 is 7.14 Å². The molecule has 0 saturated heterocycles. The van der Waals surface area contributed by atoms with Crippen LogP contribution in [0.3, 0.4) is 0 Å². The number of carbonyl (C=O) groups is 2. The molecule has 0 aromatic heterocycles. The Balaban J connectivity index is 2.15. The first-order chi connectivity index (χ1) is 14.8. The summed E-state index contributed by atoms with van der Waals surface area (Å²) < 4.78 is 19.8. The molecule has 1 aliphatic rings. The van der Waals surface area contributed by atoms with Crippen molar-refractivity contribution < 1.29 is 18.9 Å². The van der Waals surface area contributed by atoms with E-state index in [-0.39, 0.29) is 18.7 Å². The normalized spacial score (nSPS) is 16.6. The van der Waals surface area contributed by atoms with Gasteiger partial charge in [-0.05, 0) is 19.3 Å². The van der Waals surface area contributed by atoms with Gasteiger partial charge >= 0.3 is 12.0 Å². The lowest BCUT2D eigenvalue weighted by Crippen LogP contribution is -2.51. The Bertz CT molecular complexity index is 959. The fraction of sp³-hybridized carbons (Fsp3) is 0.333. The van der Waals surface area contributed by atoms with Gasteiger partial charge in [0.1, 0.15) is 7.14 Å². The molecule has 6 nitrogen and oxygen atoms in total. The first-order valence-corrected chi connectivity index (χ1v) is 12.4. The minimum atomic E-state index is -3.18. The molecule has 2 amide bonds. The molecule has 1 atom stereocenters. The summed E-state index contributed by atoms with van der Waals surface area (Å²) in [5, 5.41) is 6.94. The maximum atomic E-state index is 14.5. The average molecular weight is 440 g/mol. The van der Waals surface area contributed by atoms with Gasteiger partial charge in [-0.2, -0.15) is 0 Å². The van der Waals surface area contributed by atoms with Gasteiger partial charge in [-0.15, -0.1) is 0 Å². The maximum absolute atomic E-state index is 14.5. The molecule has 3 rings (SSSR count). The Morgan fingerprint density at radius 3 is 2.06 bits per heavy atom. The highest BCUT2D eigenvalue weighted by atomic mass is 31.2. The molecular formula is C24H29N2O4P. The quantitative estimate of drug-likeness (QED) is 0.486. The van der Waals surface area contributed by atoms with Crippen molar-refractivity contribution in [2.24, 2.45) is 5.92 Å². The first kappa shape index (κ1) is 22.8. The van der Waals surface area contributed by atoms with Crippen molar-refractivity contribution in [2.75, 3.05) is 12.8 Å². The Hall–Kier alpha value is -2.85. The number of allylic oxidation sites excluding steroid dienone is 1. The molecule has 2 N–H and O–H groups in total. The van der Waals surface area contributed by atoms with Crippen LogP contribution in [-0.2, 0) is 14.1 Å². The molecule has 1 unspecified atom stereocenters. The standard InChI is InChI=1S/C24H29N2O4P/c1-4-30-23(27)22-20(15-17(2)3)25-24(28)26-21(22)16-31(29,18-11-7-5-8-12-18)19-13-9-6-10-14-19/h5-14,17,20H,4,15-16H2,1-3H3,(H2,25,26,28). The summed E-state index contributed by atoms with van der Waals surface area (Å²) in [5.41, 5.74) is 0.714. The van der Waals surface area contributed by atoms with Crippen LogP contribution in [0, 0.1) is 5.92 Å². The number of ether oxygens (including phenoxy) is 1. The van der Waals surface area contributed by atoms with Gasteiger partial charge in [-0.25, -0.2) is 9.59 Å². The van der Waals surface area contributed by atoms with Gasteiger partial charge in [0.05, 0.1) is 18.2 Å². The van der Waals surface area contributed by atoms with E-state index in [0.29, 0.717) is 28.3 Å². The van der Waals surface area contributed by atoms with Crippen LogP contribution < -0.4 is 21.2 Å². The molecule has 31 heavy (non-hydrogen) atoms. The predicted molar refractivity (Wildman–Crippen MR) is 123 cm³/mol. The zero-order chi connectivity index (χ0) is 22.4. The van der Waals surface area contributed by atoms with Crippen LogP contribution in [0.2, 0.25) is 0 Å². The summed E-state index contributed by atoms with van der Waals surface area (Å²) in [7, 11) is -3.18. The maximum Gasteiger partial charge on any atom is 0.337 e. The van der Waals surface area contributed by atoms with E-state index >= 15 is 0 Å². The van der Waals surface area contributed by atoms with E-state index in [4.69, 9.17) is 4.74 Å². The highest BCUT2D eigenvalue weighted by Gasteiger charge is 2.37. The second kappa shape index (κ2) is 9.97. The number of nitrogens with one attached hydrogen (secondary N) is 2. The molecule has 7 heteroatoms. The van der Waals surface area contributed by atoms with E-state index < -0.39 is 25.2 Å². The largest absolute Gasteiger partial charge is 0.463 e. The van der Waals surface area contributed by atoms with E-state index in [2.05, 4.69) is 10.6 Å². The molecule has 0 radical (unpaired) electrons. The minimum absolute atomic E-state index is 0.0250. The molecule has 1 heterocycles. The van der Waals surface area contributed by atoms with Gasteiger partial charge in [-0.3, -0.25) is 0 Å². The number of urea groups is 1. The van der Waals surface area contributed by atoms with Crippen molar-refractivity contribution in [3.63, 3.8) is 0 Å². The van der Waals surface area contributed by atoms with E-state index in [1.54, 1.807) is 6.92 Å². The molecular weight excluding hydrogens is 411 g/mol. The summed E-state index contributed by atoms with van der Waals surface area (Å²) in [6.07, 6.45) is 0.600. The second-order valence-corrected chi connectivity index (χ2v) is 10.8.